The van der Waals surface area contributed by atoms with Crippen LogP contribution in [-0.2, 0) is 4.74 Å². The highest BCUT2D eigenvalue weighted by Gasteiger charge is 2.36. The molecule has 4 nitrogen and oxygen atoms in total. The summed E-state index contributed by atoms with van der Waals surface area (Å²) in [5, 5.41) is 3.49. The normalized spacial score (nSPS) is 26.7. The second-order valence-electron chi connectivity index (χ2n) is 6.06. The predicted molar refractivity (Wildman–Crippen MR) is 85.7 cm³/mol. The van der Waals surface area contributed by atoms with Crippen molar-refractivity contribution < 1.29 is 4.74 Å². The summed E-state index contributed by atoms with van der Waals surface area (Å²) in [6.07, 6.45) is 7.31. The Labute approximate surface area is 127 Å². The van der Waals surface area contributed by atoms with Crippen LogP contribution in [0.4, 0.5) is 5.69 Å². The maximum atomic E-state index is 5.89. The monoisotopic (exact) mass is 289 g/mol. The van der Waals surface area contributed by atoms with Crippen LogP contribution in [0.25, 0.3) is 0 Å². The van der Waals surface area contributed by atoms with Crippen LogP contribution in [0.3, 0.4) is 0 Å². The smallest absolute Gasteiger partial charge is 0.0779 e. The van der Waals surface area contributed by atoms with Crippen LogP contribution in [0.5, 0.6) is 0 Å². The Bertz CT molecular complexity index is 448. The van der Waals surface area contributed by atoms with E-state index in [1.165, 1.54) is 24.9 Å². The van der Waals surface area contributed by atoms with E-state index in [-0.39, 0.29) is 0 Å². The first-order valence-corrected chi connectivity index (χ1v) is 8.41. The van der Waals surface area contributed by atoms with E-state index in [0.717, 1.165) is 31.8 Å². The van der Waals surface area contributed by atoms with Gasteiger partial charge in [0.05, 0.1) is 36.3 Å². The van der Waals surface area contributed by atoms with E-state index in [9.17, 15) is 0 Å². The third kappa shape index (κ3) is 3.06. The quantitative estimate of drug-likeness (QED) is 0.904. The molecule has 1 N–H and O–H groups in total. The summed E-state index contributed by atoms with van der Waals surface area (Å²) in [5.74, 6) is 0. The van der Waals surface area contributed by atoms with Crippen LogP contribution < -0.4 is 10.2 Å². The number of pyridine rings is 1. The van der Waals surface area contributed by atoms with Gasteiger partial charge < -0.3 is 15.0 Å². The zero-order valence-corrected chi connectivity index (χ0v) is 13.2. The molecular formula is C17H27N3O. The molecule has 21 heavy (non-hydrogen) atoms. The Balaban J connectivity index is 1.74. The van der Waals surface area contributed by atoms with Gasteiger partial charge in [-0.1, -0.05) is 13.8 Å². The average Bonchev–Trinajstić information content (AvgIpc) is 3.01. The molecule has 0 aromatic carbocycles. The molecule has 1 saturated carbocycles. The number of anilines is 1. The van der Waals surface area contributed by atoms with Crippen LogP contribution >= 0.6 is 0 Å². The third-order valence-electron chi connectivity index (χ3n) is 4.80. The van der Waals surface area contributed by atoms with Gasteiger partial charge in [-0.2, -0.15) is 0 Å². The van der Waals surface area contributed by atoms with Gasteiger partial charge in [0, 0.05) is 12.6 Å². The standard InChI is InChI=1S/C17H27N3O/c1-3-14(18-4-2)15-9-8-13(12-19-15)20-10-11-21-17-7-5-6-16(17)20/h8-9,12,14,16-18H,3-7,10-11H2,1-2H3. The number of rotatable bonds is 5. The molecule has 0 bridgehead atoms. The van der Waals surface area contributed by atoms with Crippen LogP contribution in [0.1, 0.15) is 51.3 Å². The molecule has 116 valence electrons. The molecule has 0 amide bonds. The van der Waals surface area contributed by atoms with Crippen molar-refractivity contribution in [1.82, 2.24) is 10.3 Å². The average molecular weight is 289 g/mol. The lowest BCUT2D eigenvalue weighted by Crippen LogP contribution is -2.48. The van der Waals surface area contributed by atoms with E-state index in [2.05, 4.69) is 42.4 Å². The number of hydrogen-bond acceptors (Lipinski definition) is 4. The van der Waals surface area contributed by atoms with Crippen molar-refractivity contribution in [3.63, 3.8) is 0 Å². The molecule has 2 aliphatic rings. The van der Waals surface area contributed by atoms with E-state index < -0.39 is 0 Å². The summed E-state index contributed by atoms with van der Waals surface area (Å²) in [7, 11) is 0. The first-order valence-electron chi connectivity index (χ1n) is 8.41. The minimum atomic E-state index is 0.368. The number of morpholine rings is 1. The molecule has 3 rings (SSSR count). The maximum Gasteiger partial charge on any atom is 0.0779 e. The Morgan fingerprint density at radius 3 is 3.00 bits per heavy atom. The summed E-state index contributed by atoms with van der Waals surface area (Å²) in [5.41, 5.74) is 2.41. The van der Waals surface area contributed by atoms with Crippen molar-refractivity contribution in [3.05, 3.63) is 24.0 Å². The lowest BCUT2D eigenvalue weighted by Gasteiger charge is -2.39. The first-order chi connectivity index (χ1) is 10.3. The van der Waals surface area contributed by atoms with Crippen molar-refractivity contribution >= 4 is 5.69 Å². The summed E-state index contributed by atoms with van der Waals surface area (Å²) in [6, 6.07) is 5.35. The van der Waals surface area contributed by atoms with E-state index >= 15 is 0 Å². The molecule has 3 unspecified atom stereocenters. The van der Waals surface area contributed by atoms with Gasteiger partial charge >= 0.3 is 0 Å². The third-order valence-corrected chi connectivity index (χ3v) is 4.80. The molecule has 2 fully saturated rings. The highest BCUT2D eigenvalue weighted by atomic mass is 16.5. The molecular weight excluding hydrogens is 262 g/mol. The SMILES string of the molecule is CCNC(CC)c1ccc(N2CCOC3CCCC32)cn1. The fourth-order valence-corrected chi connectivity index (χ4v) is 3.72. The molecule has 1 aromatic rings. The fraction of sp³-hybridized carbons (Fsp3) is 0.706. The number of aromatic nitrogens is 1. The lowest BCUT2D eigenvalue weighted by molar-refractivity contribution is 0.0256. The molecule has 1 aliphatic heterocycles. The van der Waals surface area contributed by atoms with Crippen molar-refractivity contribution in [3.8, 4) is 0 Å². The zero-order valence-electron chi connectivity index (χ0n) is 13.2. The Kier molecular flexibility index (Phi) is 4.76. The number of ether oxygens (including phenoxy) is 1. The Morgan fingerprint density at radius 1 is 1.38 bits per heavy atom. The number of fused-ring (bicyclic) bond motifs is 1. The molecule has 0 spiro atoms. The summed E-state index contributed by atoms with van der Waals surface area (Å²) in [4.78, 5) is 7.22. The molecule has 4 heteroatoms. The van der Waals surface area contributed by atoms with E-state index in [4.69, 9.17) is 9.72 Å². The molecule has 3 atom stereocenters. The van der Waals surface area contributed by atoms with Crippen LogP contribution in [0.15, 0.2) is 18.3 Å². The highest BCUT2D eigenvalue weighted by molar-refractivity contribution is 5.47. The van der Waals surface area contributed by atoms with Gasteiger partial charge in [0.25, 0.3) is 0 Å². The van der Waals surface area contributed by atoms with E-state index in [1.54, 1.807) is 0 Å². The van der Waals surface area contributed by atoms with Crippen molar-refractivity contribution in [2.45, 2.75) is 57.7 Å². The van der Waals surface area contributed by atoms with E-state index in [0.29, 0.717) is 18.2 Å². The van der Waals surface area contributed by atoms with E-state index in [1.807, 2.05) is 0 Å². The molecule has 1 aliphatic carbocycles. The number of nitrogens with one attached hydrogen (secondary N) is 1. The van der Waals surface area contributed by atoms with Gasteiger partial charge in [0.2, 0.25) is 0 Å². The van der Waals surface area contributed by atoms with Gasteiger partial charge in [-0.25, -0.2) is 0 Å². The lowest BCUT2D eigenvalue weighted by atomic mass is 10.1. The zero-order chi connectivity index (χ0) is 14.7. The topological polar surface area (TPSA) is 37.4 Å². The summed E-state index contributed by atoms with van der Waals surface area (Å²) in [6.45, 7) is 7.17. The fourth-order valence-electron chi connectivity index (χ4n) is 3.72. The number of hydrogen-bond donors (Lipinski definition) is 1. The van der Waals surface area contributed by atoms with Gasteiger partial charge in [-0.15, -0.1) is 0 Å². The van der Waals surface area contributed by atoms with Crippen LogP contribution in [0, 0.1) is 0 Å². The van der Waals surface area contributed by atoms with Gasteiger partial charge in [-0.3, -0.25) is 4.98 Å². The Hall–Kier alpha value is -1.13. The number of nitrogens with zero attached hydrogens (tertiary/aromatic N) is 2. The first kappa shape index (κ1) is 14.8. The highest BCUT2D eigenvalue weighted by Crippen LogP contribution is 2.33. The predicted octanol–water partition coefficient (Wildman–Crippen LogP) is 2.90. The summed E-state index contributed by atoms with van der Waals surface area (Å²) >= 11 is 0. The minimum absolute atomic E-state index is 0.368. The Morgan fingerprint density at radius 2 is 2.29 bits per heavy atom. The van der Waals surface area contributed by atoms with Gasteiger partial charge in [0.1, 0.15) is 0 Å². The molecule has 1 saturated heterocycles. The molecule has 1 aromatic heterocycles. The van der Waals surface area contributed by atoms with Crippen molar-refractivity contribution in [1.29, 1.82) is 0 Å². The van der Waals surface area contributed by atoms with Crippen LogP contribution in [0.2, 0.25) is 0 Å². The van der Waals surface area contributed by atoms with Gasteiger partial charge in [-0.05, 0) is 44.4 Å². The van der Waals surface area contributed by atoms with Crippen molar-refractivity contribution in [2.24, 2.45) is 0 Å². The summed E-state index contributed by atoms with van der Waals surface area (Å²) < 4.78 is 5.89. The molecule has 2 heterocycles. The largest absolute Gasteiger partial charge is 0.374 e. The van der Waals surface area contributed by atoms with Crippen molar-refractivity contribution in [2.75, 3.05) is 24.6 Å². The maximum absolute atomic E-state index is 5.89. The second kappa shape index (κ2) is 6.75. The second-order valence-corrected chi connectivity index (χ2v) is 6.06. The molecule has 0 radical (unpaired) electrons. The van der Waals surface area contributed by atoms with Gasteiger partial charge in [0.15, 0.2) is 0 Å². The van der Waals surface area contributed by atoms with Crippen LogP contribution in [-0.4, -0.2) is 36.8 Å². The minimum Gasteiger partial charge on any atom is -0.374 e.